The van der Waals surface area contributed by atoms with E-state index in [0.29, 0.717) is 24.5 Å². The number of nitrogens with two attached hydrogens (primary N) is 2. The minimum absolute atomic E-state index is 0.000608. The average Bonchev–Trinajstić information content (AvgIpc) is 2.54. The second-order valence-electron chi connectivity index (χ2n) is 4.78. The summed E-state index contributed by atoms with van der Waals surface area (Å²) in [7, 11) is 0. The summed E-state index contributed by atoms with van der Waals surface area (Å²) >= 11 is 0. The molecular weight excluding hydrogens is 296 g/mol. The zero-order valence-electron chi connectivity index (χ0n) is 13.4. The summed E-state index contributed by atoms with van der Waals surface area (Å²) < 4.78 is 5.33. The van der Waals surface area contributed by atoms with Gasteiger partial charge < -0.3 is 31.5 Å². The molecule has 0 amide bonds. The van der Waals surface area contributed by atoms with Crippen LogP contribution >= 0.6 is 0 Å². The lowest BCUT2D eigenvalue weighted by Gasteiger charge is -2.23. The number of ether oxygens (including phenoxy) is 1. The highest BCUT2D eigenvalue weighted by Crippen LogP contribution is 2.33. The molecule has 1 aliphatic rings. The molecule has 1 heterocycles. The Balaban J connectivity index is 0.000000228. The number of hydrogen-bond acceptors (Lipinski definition) is 6. The van der Waals surface area contributed by atoms with Gasteiger partial charge in [0.2, 0.25) is 0 Å². The Bertz CT molecular complexity index is 611. The largest absolute Gasteiger partial charge is 0.508 e. The summed E-state index contributed by atoms with van der Waals surface area (Å²) in [5, 5.41) is 26.6. The van der Waals surface area contributed by atoms with Crippen LogP contribution < -0.4 is 16.2 Å². The molecule has 0 radical (unpaired) electrons. The molecular formula is C17H24N2O4. The van der Waals surface area contributed by atoms with Gasteiger partial charge in [0.25, 0.3) is 0 Å². The highest BCUT2D eigenvalue weighted by atomic mass is 16.5. The molecule has 23 heavy (non-hydrogen) atoms. The van der Waals surface area contributed by atoms with Crippen LogP contribution in [0, 0.1) is 0 Å². The predicted molar refractivity (Wildman–Crippen MR) is 90.8 cm³/mol. The molecule has 0 fully saturated rings. The van der Waals surface area contributed by atoms with Crippen molar-refractivity contribution in [2.45, 2.75) is 26.3 Å². The van der Waals surface area contributed by atoms with Crippen molar-refractivity contribution in [1.82, 2.24) is 0 Å². The van der Waals surface area contributed by atoms with E-state index < -0.39 is 0 Å². The number of phenols is 3. The maximum Gasteiger partial charge on any atom is 0.157 e. The van der Waals surface area contributed by atoms with E-state index in [2.05, 4.69) is 0 Å². The molecule has 0 aromatic heterocycles. The predicted octanol–water partition coefficient (Wildman–Crippen LogP) is 2.36. The van der Waals surface area contributed by atoms with Gasteiger partial charge in [-0.05, 0) is 18.6 Å². The lowest BCUT2D eigenvalue weighted by Crippen LogP contribution is -2.34. The fourth-order valence-corrected chi connectivity index (χ4v) is 1.98. The molecule has 7 N–H and O–H groups in total. The van der Waals surface area contributed by atoms with E-state index in [4.69, 9.17) is 26.4 Å². The second kappa shape index (κ2) is 8.75. The Labute approximate surface area is 135 Å². The zero-order valence-corrected chi connectivity index (χ0v) is 13.4. The van der Waals surface area contributed by atoms with Gasteiger partial charge in [0.15, 0.2) is 11.5 Å². The highest BCUT2D eigenvalue weighted by molar-refractivity contribution is 5.59. The van der Waals surface area contributed by atoms with Crippen LogP contribution in [0.25, 0.3) is 0 Å². The number of nitrogen functional groups attached to an aromatic ring is 1. The Hall–Kier alpha value is -2.60. The fraction of sp³-hybridized carbons (Fsp3) is 0.294. The van der Waals surface area contributed by atoms with Gasteiger partial charge in [-0.25, -0.2) is 0 Å². The van der Waals surface area contributed by atoms with Crippen LogP contribution in [-0.4, -0.2) is 28.0 Å². The Morgan fingerprint density at radius 2 is 1.61 bits per heavy atom. The molecule has 0 saturated heterocycles. The molecule has 6 heteroatoms. The number of anilines is 1. The SMILES string of the molecule is CC.Nc1cc(O)cc2c1CC(N)CO2.Oc1ccccc1O. The third-order valence-corrected chi connectivity index (χ3v) is 3.03. The normalized spacial score (nSPS) is 15.0. The van der Waals surface area contributed by atoms with Crippen molar-refractivity contribution in [1.29, 1.82) is 0 Å². The zero-order chi connectivity index (χ0) is 17.4. The molecule has 1 unspecified atom stereocenters. The van der Waals surface area contributed by atoms with E-state index >= 15 is 0 Å². The van der Waals surface area contributed by atoms with E-state index in [1.54, 1.807) is 18.2 Å². The van der Waals surface area contributed by atoms with Crippen molar-refractivity contribution in [3.63, 3.8) is 0 Å². The molecule has 1 aliphatic heterocycles. The molecule has 126 valence electrons. The van der Waals surface area contributed by atoms with Crippen LogP contribution in [0.4, 0.5) is 5.69 Å². The van der Waals surface area contributed by atoms with Gasteiger partial charge in [0.1, 0.15) is 18.1 Å². The van der Waals surface area contributed by atoms with E-state index in [9.17, 15) is 5.11 Å². The first-order valence-electron chi connectivity index (χ1n) is 7.44. The second-order valence-corrected chi connectivity index (χ2v) is 4.78. The molecule has 0 aliphatic carbocycles. The topological polar surface area (TPSA) is 122 Å². The van der Waals surface area contributed by atoms with Crippen molar-refractivity contribution in [2.75, 3.05) is 12.3 Å². The van der Waals surface area contributed by atoms with E-state index in [0.717, 1.165) is 5.56 Å². The molecule has 0 saturated carbocycles. The molecule has 1 atom stereocenters. The number of benzene rings is 2. The maximum atomic E-state index is 9.24. The molecule has 0 spiro atoms. The molecule has 6 nitrogen and oxygen atoms in total. The summed E-state index contributed by atoms with van der Waals surface area (Å²) in [6.07, 6.45) is 0.710. The Morgan fingerprint density at radius 3 is 2.13 bits per heavy atom. The monoisotopic (exact) mass is 320 g/mol. The molecule has 2 aromatic carbocycles. The summed E-state index contributed by atoms with van der Waals surface area (Å²) in [5.74, 6) is 0.630. The number of para-hydroxylation sites is 2. The van der Waals surface area contributed by atoms with Crippen LogP contribution in [-0.2, 0) is 6.42 Å². The number of fused-ring (bicyclic) bond motifs is 1. The van der Waals surface area contributed by atoms with Gasteiger partial charge in [0, 0.05) is 29.4 Å². The van der Waals surface area contributed by atoms with Gasteiger partial charge in [0.05, 0.1) is 0 Å². The lowest BCUT2D eigenvalue weighted by molar-refractivity contribution is 0.262. The van der Waals surface area contributed by atoms with E-state index in [1.807, 2.05) is 13.8 Å². The van der Waals surface area contributed by atoms with Crippen molar-refractivity contribution in [2.24, 2.45) is 5.73 Å². The smallest absolute Gasteiger partial charge is 0.157 e. The number of rotatable bonds is 0. The van der Waals surface area contributed by atoms with Gasteiger partial charge in [-0.3, -0.25) is 0 Å². The standard InChI is InChI=1S/C9H12N2O2.C6H6O2.C2H6/c10-5-1-7-8(11)2-6(12)3-9(7)13-4-5;7-5-3-1-2-4-6(5)8;1-2/h2-3,5,12H,1,4,10-11H2;1-4,7-8H;1-2H3. The molecule has 0 bridgehead atoms. The van der Waals surface area contributed by atoms with Crippen molar-refractivity contribution in [3.8, 4) is 23.0 Å². The summed E-state index contributed by atoms with van der Waals surface area (Å²) in [6, 6.07) is 9.23. The number of phenolic OH excluding ortho intramolecular Hbond substituents is 3. The third kappa shape index (κ3) is 5.27. The lowest BCUT2D eigenvalue weighted by atomic mass is 10.0. The minimum Gasteiger partial charge on any atom is -0.508 e. The van der Waals surface area contributed by atoms with Crippen LogP contribution in [0.3, 0.4) is 0 Å². The van der Waals surface area contributed by atoms with Gasteiger partial charge in [-0.2, -0.15) is 0 Å². The van der Waals surface area contributed by atoms with Crippen LogP contribution in [0.15, 0.2) is 36.4 Å². The highest BCUT2D eigenvalue weighted by Gasteiger charge is 2.19. The number of hydrogen-bond donors (Lipinski definition) is 5. The fourth-order valence-electron chi connectivity index (χ4n) is 1.98. The van der Waals surface area contributed by atoms with Crippen LogP contribution in [0.1, 0.15) is 19.4 Å². The number of aromatic hydroxyl groups is 3. The van der Waals surface area contributed by atoms with Gasteiger partial charge >= 0.3 is 0 Å². The molecule has 2 aromatic rings. The summed E-state index contributed by atoms with van der Waals surface area (Å²) in [5.41, 5.74) is 12.9. The first kappa shape index (κ1) is 18.4. The van der Waals surface area contributed by atoms with Crippen molar-refractivity contribution >= 4 is 5.69 Å². The van der Waals surface area contributed by atoms with Crippen LogP contribution in [0.2, 0.25) is 0 Å². The van der Waals surface area contributed by atoms with Gasteiger partial charge in [-0.15, -0.1) is 0 Å². The quantitative estimate of drug-likeness (QED) is 0.375. The maximum absolute atomic E-state index is 9.24. The first-order chi connectivity index (χ1) is 11.0. The van der Waals surface area contributed by atoms with Crippen LogP contribution in [0.5, 0.6) is 23.0 Å². The minimum atomic E-state index is -0.0764. The van der Waals surface area contributed by atoms with E-state index in [-0.39, 0.29) is 23.3 Å². The first-order valence-corrected chi connectivity index (χ1v) is 7.44. The Kier molecular flexibility index (Phi) is 7.02. The average molecular weight is 320 g/mol. The summed E-state index contributed by atoms with van der Waals surface area (Å²) in [6.45, 7) is 4.48. The van der Waals surface area contributed by atoms with Crippen molar-refractivity contribution in [3.05, 3.63) is 42.0 Å². The molecule has 3 rings (SSSR count). The van der Waals surface area contributed by atoms with E-state index in [1.165, 1.54) is 18.2 Å². The summed E-state index contributed by atoms with van der Waals surface area (Å²) in [4.78, 5) is 0. The van der Waals surface area contributed by atoms with Crippen molar-refractivity contribution < 1.29 is 20.1 Å². The van der Waals surface area contributed by atoms with Gasteiger partial charge in [-0.1, -0.05) is 26.0 Å². The third-order valence-electron chi connectivity index (χ3n) is 3.03. The Morgan fingerprint density at radius 1 is 1.04 bits per heavy atom.